The summed E-state index contributed by atoms with van der Waals surface area (Å²) in [6.45, 7) is 0.436. The highest BCUT2D eigenvalue weighted by Gasteiger charge is 2.37. The van der Waals surface area contributed by atoms with Gasteiger partial charge in [0, 0.05) is 18.5 Å². The molecule has 1 aromatic heterocycles. The molecule has 3 heterocycles. The summed E-state index contributed by atoms with van der Waals surface area (Å²) in [5.74, 6) is -0.451. The third-order valence-corrected chi connectivity index (χ3v) is 4.17. The highest BCUT2D eigenvalue weighted by Crippen LogP contribution is 2.40. The van der Waals surface area contributed by atoms with E-state index in [2.05, 4.69) is 9.98 Å². The fraction of sp³-hybridized carbons (Fsp3) is 0.188. The Kier molecular flexibility index (Phi) is 2.97. The first-order valence-electron chi connectivity index (χ1n) is 6.84. The zero-order valence-electron chi connectivity index (χ0n) is 11.3. The van der Waals surface area contributed by atoms with Gasteiger partial charge >= 0.3 is 0 Å². The summed E-state index contributed by atoms with van der Waals surface area (Å²) in [5.41, 5.74) is 2.50. The Hall–Kier alpha value is -2.27. The fourth-order valence-corrected chi connectivity index (χ4v) is 3.05. The van der Waals surface area contributed by atoms with Crippen molar-refractivity contribution in [2.75, 3.05) is 6.54 Å². The van der Waals surface area contributed by atoms with Gasteiger partial charge in [-0.1, -0.05) is 17.7 Å². The third kappa shape index (κ3) is 1.93. The van der Waals surface area contributed by atoms with Crippen LogP contribution in [0.25, 0.3) is 0 Å². The minimum absolute atomic E-state index is 0.0364. The minimum Gasteiger partial charge on any atom is -0.446 e. The minimum atomic E-state index is -0.482. The van der Waals surface area contributed by atoms with Crippen LogP contribution in [-0.4, -0.2) is 23.8 Å². The van der Waals surface area contributed by atoms with E-state index in [9.17, 15) is 9.18 Å². The number of furan rings is 1. The number of hydrogen-bond acceptors (Lipinski definition) is 4. The Bertz CT molecular complexity index is 854. The van der Waals surface area contributed by atoms with E-state index in [4.69, 9.17) is 16.0 Å². The first kappa shape index (κ1) is 13.4. The quantitative estimate of drug-likeness (QED) is 0.805. The summed E-state index contributed by atoms with van der Waals surface area (Å²) in [5, 5.41) is 0.0364. The van der Waals surface area contributed by atoms with Crippen molar-refractivity contribution in [1.29, 1.82) is 0 Å². The lowest BCUT2D eigenvalue weighted by Gasteiger charge is -2.26. The molecule has 0 saturated heterocycles. The van der Waals surface area contributed by atoms with E-state index in [-0.39, 0.29) is 16.7 Å². The second kappa shape index (κ2) is 4.88. The third-order valence-electron chi connectivity index (χ3n) is 3.88. The Labute approximate surface area is 130 Å². The number of ketones is 1. The Morgan fingerprint density at radius 1 is 1.32 bits per heavy atom. The molecule has 1 aromatic carbocycles. The number of carbonyl (C=O) groups excluding carboxylic acids is 1. The number of benzene rings is 1. The number of fused-ring (bicyclic) bond motifs is 2. The van der Waals surface area contributed by atoms with Crippen LogP contribution in [0.1, 0.15) is 23.5 Å². The summed E-state index contributed by atoms with van der Waals surface area (Å²) in [6.07, 6.45) is 1.87. The van der Waals surface area contributed by atoms with Gasteiger partial charge in [-0.25, -0.2) is 9.38 Å². The first-order chi connectivity index (χ1) is 10.6. The molecule has 0 aliphatic carbocycles. The fourth-order valence-electron chi connectivity index (χ4n) is 2.86. The second-order valence-corrected chi connectivity index (χ2v) is 5.60. The van der Waals surface area contributed by atoms with Gasteiger partial charge in [0.15, 0.2) is 5.78 Å². The molecule has 1 unspecified atom stereocenters. The smallest absolute Gasteiger partial charge is 0.223 e. The van der Waals surface area contributed by atoms with E-state index >= 15 is 0 Å². The van der Waals surface area contributed by atoms with E-state index in [1.165, 1.54) is 12.3 Å². The van der Waals surface area contributed by atoms with Crippen molar-refractivity contribution >= 4 is 34.7 Å². The summed E-state index contributed by atoms with van der Waals surface area (Å²) in [7, 11) is 0. The maximum atomic E-state index is 13.4. The molecule has 2 aliphatic heterocycles. The zero-order valence-corrected chi connectivity index (χ0v) is 12.1. The largest absolute Gasteiger partial charge is 0.446 e. The molecule has 1 atom stereocenters. The van der Waals surface area contributed by atoms with Gasteiger partial charge in [-0.3, -0.25) is 9.79 Å². The van der Waals surface area contributed by atoms with Crippen molar-refractivity contribution in [1.82, 2.24) is 0 Å². The number of nitrogens with zero attached hydrogens (tertiary/aromatic N) is 2. The predicted molar refractivity (Wildman–Crippen MR) is 81.0 cm³/mol. The standard InChI is InChI=1S/C16H10ClFN2O2/c17-10-7-8(1-2-11(10)18)13-9-4-6-22-16(9)20-14-12(21)3-5-19-15(13)14/h1-2,4,6-7,13H,3,5H2. The first-order valence-corrected chi connectivity index (χ1v) is 7.22. The van der Waals surface area contributed by atoms with Crippen molar-refractivity contribution < 1.29 is 13.6 Å². The van der Waals surface area contributed by atoms with Crippen LogP contribution < -0.4 is 0 Å². The number of hydrogen-bond donors (Lipinski definition) is 0. The number of Topliss-reactive ketones (excluding diaryl/α,β-unsaturated/α-hetero) is 1. The van der Waals surface area contributed by atoms with Gasteiger partial charge in [0.25, 0.3) is 0 Å². The molecule has 0 radical (unpaired) electrons. The zero-order chi connectivity index (χ0) is 15.3. The molecule has 0 spiro atoms. The van der Waals surface area contributed by atoms with Gasteiger partial charge < -0.3 is 4.42 Å². The average molecular weight is 317 g/mol. The normalized spacial score (nSPS) is 20.1. The maximum absolute atomic E-state index is 13.4. The molecular formula is C16H10ClFN2O2. The summed E-state index contributed by atoms with van der Waals surface area (Å²) >= 11 is 5.90. The molecule has 6 heteroatoms. The van der Waals surface area contributed by atoms with Crippen molar-refractivity contribution in [2.24, 2.45) is 9.98 Å². The summed E-state index contributed by atoms with van der Waals surface area (Å²) in [4.78, 5) is 20.9. The monoisotopic (exact) mass is 316 g/mol. The molecule has 0 bridgehead atoms. The lowest BCUT2D eigenvalue weighted by molar-refractivity contribution is -0.112. The van der Waals surface area contributed by atoms with Crippen LogP contribution >= 0.6 is 11.6 Å². The van der Waals surface area contributed by atoms with Gasteiger partial charge in [-0.05, 0) is 23.8 Å². The molecule has 22 heavy (non-hydrogen) atoms. The van der Waals surface area contributed by atoms with Crippen LogP contribution in [0, 0.1) is 5.82 Å². The van der Waals surface area contributed by atoms with Gasteiger partial charge in [0.05, 0.1) is 22.9 Å². The van der Waals surface area contributed by atoms with E-state index in [1.54, 1.807) is 18.2 Å². The highest BCUT2D eigenvalue weighted by molar-refractivity contribution is 6.70. The van der Waals surface area contributed by atoms with Crippen LogP contribution in [-0.2, 0) is 4.79 Å². The molecule has 110 valence electrons. The lowest BCUT2D eigenvalue weighted by Crippen LogP contribution is -2.35. The van der Waals surface area contributed by atoms with Gasteiger partial charge in [-0.2, -0.15) is 0 Å². The number of halogens is 2. The van der Waals surface area contributed by atoms with Crippen molar-refractivity contribution in [3.63, 3.8) is 0 Å². The molecular weight excluding hydrogens is 307 g/mol. The van der Waals surface area contributed by atoms with Crippen LogP contribution in [0.5, 0.6) is 0 Å². The van der Waals surface area contributed by atoms with Crippen molar-refractivity contribution in [2.45, 2.75) is 12.3 Å². The molecule has 0 saturated carbocycles. The number of rotatable bonds is 1. The average Bonchev–Trinajstić information content (AvgIpc) is 2.97. The number of carbonyl (C=O) groups is 1. The maximum Gasteiger partial charge on any atom is 0.223 e. The Balaban J connectivity index is 1.94. The SMILES string of the molecule is O=C1CCN=C2C1=Nc1occc1C2c1ccc(F)c(Cl)c1. The Morgan fingerprint density at radius 2 is 2.18 bits per heavy atom. The van der Waals surface area contributed by atoms with Crippen LogP contribution in [0.4, 0.5) is 10.3 Å². The summed E-state index contributed by atoms with van der Waals surface area (Å²) < 4.78 is 18.8. The van der Waals surface area contributed by atoms with Crippen LogP contribution in [0.2, 0.25) is 5.02 Å². The molecule has 0 fully saturated rings. The topological polar surface area (TPSA) is 54.9 Å². The molecule has 2 aromatic rings. The molecule has 0 amide bonds. The lowest BCUT2D eigenvalue weighted by atomic mass is 9.82. The second-order valence-electron chi connectivity index (χ2n) is 5.19. The van der Waals surface area contributed by atoms with E-state index in [0.717, 1.165) is 11.1 Å². The van der Waals surface area contributed by atoms with Crippen molar-refractivity contribution in [3.8, 4) is 0 Å². The van der Waals surface area contributed by atoms with E-state index in [1.807, 2.05) is 0 Å². The van der Waals surface area contributed by atoms with Gasteiger partial charge in [-0.15, -0.1) is 0 Å². The van der Waals surface area contributed by atoms with Gasteiger partial charge in [0.2, 0.25) is 5.88 Å². The van der Waals surface area contributed by atoms with E-state index < -0.39 is 5.82 Å². The van der Waals surface area contributed by atoms with Crippen LogP contribution in [0.15, 0.2) is 44.9 Å². The van der Waals surface area contributed by atoms with Gasteiger partial charge in [0.1, 0.15) is 11.5 Å². The number of aliphatic imine (C=N–C) groups is 2. The van der Waals surface area contributed by atoms with Crippen molar-refractivity contribution in [3.05, 3.63) is 52.5 Å². The molecule has 4 rings (SSSR count). The highest BCUT2D eigenvalue weighted by atomic mass is 35.5. The Morgan fingerprint density at radius 3 is 3.00 bits per heavy atom. The molecule has 4 nitrogen and oxygen atoms in total. The summed E-state index contributed by atoms with van der Waals surface area (Å²) in [6, 6.07) is 6.31. The molecule has 2 aliphatic rings. The predicted octanol–water partition coefficient (Wildman–Crippen LogP) is 3.70. The van der Waals surface area contributed by atoms with Crippen LogP contribution in [0.3, 0.4) is 0 Å². The molecule has 0 N–H and O–H groups in total. The van der Waals surface area contributed by atoms with E-state index in [0.29, 0.717) is 30.3 Å².